The number of amides is 2. The molecule has 5 atom stereocenters. The maximum atomic E-state index is 14.3. The Bertz CT molecular complexity index is 2820. The van der Waals surface area contributed by atoms with E-state index in [-0.39, 0.29) is 85.0 Å². The predicted octanol–water partition coefficient (Wildman–Crippen LogP) is 9.91. The van der Waals surface area contributed by atoms with Gasteiger partial charge in [0.1, 0.15) is 35.2 Å². The predicted molar refractivity (Wildman–Crippen MR) is 270 cm³/mol. The number of nitrogens with zero attached hydrogens (tertiary/aromatic N) is 4. The smallest absolute Gasteiger partial charge is 0.253 e. The van der Waals surface area contributed by atoms with Gasteiger partial charge in [0.05, 0.1) is 44.9 Å². The highest BCUT2D eigenvalue weighted by Gasteiger charge is 2.64. The standard InChI is InChI=1S/C55H61ClN6O8S/c1-30(44-18-13-34(26-58-44)48-31(2)61-29-71-48)20-45(65)40-21-36(63)22-41(40)47(66)42(53(3,4)5)23-37(64)28-60-49(67)32-10-15-38(16-11-32)69-46-19-14-35(27-59-46)50(68)62-51-54(6,7)52(55(51,8)9)70-39-17-12-33(25-57)43(56)24-39/h10-19,24,26-27,29-30,36,40-42,51-52,63H,20-23,28H2,1-9H3,(H,60,67)(H,62,68)/t30-,36-,40-,41?,42-,51-,52-/m1/s1. The van der Waals surface area contributed by atoms with Crippen LogP contribution in [0.4, 0.5) is 0 Å². The SMILES string of the molecule is Cc1ncsc1-c1ccc([C@H](C)CC(=O)[C@@H]2C[C@@H](O)CC2C(=O)[C@@H](CC(=O)CNC(=O)c2ccc(Oc3ccc(C(=O)N[C@H]4C(C)(C)[C@H](Oc5ccc(C#N)c(Cl)c5)C4(C)C)cn3)cc2)C(C)(C)C)nc1. The second-order valence-electron chi connectivity index (χ2n) is 21.2. The number of Topliss-reactive ketones (excluding diaryl/α,β-unsaturated/α-hetero) is 3. The summed E-state index contributed by atoms with van der Waals surface area (Å²) in [6, 6.07) is 20.1. The Morgan fingerprint density at radius 2 is 1.55 bits per heavy atom. The number of nitriles is 1. The maximum absolute atomic E-state index is 14.3. The first kappa shape index (κ1) is 52.5. The molecule has 7 rings (SSSR count). The molecule has 0 radical (unpaired) electrons. The molecule has 0 bridgehead atoms. The minimum Gasteiger partial charge on any atom is -0.489 e. The molecule has 0 saturated heterocycles. The third-order valence-corrected chi connectivity index (χ3v) is 15.4. The topological polar surface area (TPSA) is 211 Å². The van der Waals surface area contributed by atoms with Gasteiger partial charge in [-0.05, 0) is 73.7 Å². The van der Waals surface area contributed by atoms with Gasteiger partial charge in [0.2, 0.25) is 5.88 Å². The summed E-state index contributed by atoms with van der Waals surface area (Å²) >= 11 is 7.78. The van der Waals surface area contributed by atoms with E-state index in [1.807, 2.05) is 80.5 Å². The third kappa shape index (κ3) is 11.7. The number of halogens is 1. The minimum absolute atomic E-state index is 0.109. The van der Waals surface area contributed by atoms with Crippen molar-refractivity contribution in [2.45, 2.75) is 112 Å². The summed E-state index contributed by atoms with van der Waals surface area (Å²) in [4.78, 5) is 82.5. The highest BCUT2D eigenvalue weighted by molar-refractivity contribution is 7.13. The van der Waals surface area contributed by atoms with E-state index in [1.165, 1.54) is 6.20 Å². The normalized spacial score (nSPS) is 20.9. The van der Waals surface area contributed by atoms with Crippen molar-refractivity contribution >= 4 is 52.1 Å². The minimum atomic E-state index is -0.810. The van der Waals surface area contributed by atoms with Crippen molar-refractivity contribution in [1.29, 1.82) is 5.26 Å². The number of hydrogen-bond acceptors (Lipinski definition) is 13. The fraction of sp³-hybridized carbons (Fsp3) is 0.436. The molecule has 2 aromatic carbocycles. The summed E-state index contributed by atoms with van der Waals surface area (Å²) in [5.41, 5.74) is 3.87. The van der Waals surface area contributed by atoms with Crippen molar-refractivity contribution < 1.29 is 38.6 Å². The zero-order valence-electron chi connectivity index (χ0n) is 41.5. The van der Waals surface area contributed by atoms with E-state index in [4.69, 9.17) is 21.1 Å². The molecule has 5 aromatic rings. The molecule has 0 spiro atoms. The van der Waals surface area contributed by atoms with Crippen LogP contribution in [0, 0.1) is 52.3 Å². The molecule has 2 amide bonds. The van der Waals surface area contributed by atoms with Gasteiger partial charge in [0, 0.05) is 94.7 Å². The number of aliphatic hydroxyl groups is 1. The van der Waals surface area contributed by atoms with Crippen LogP contribution in [-0.4, -0.2) is 74.0 Å². The van der Waals surface area contributed by atoms with Gasteiger partial charge in [-0.3, -0.25) is 29.0 Å². The Kier molecular flexibility index (Phi) is 15.6. The van der Waals surface area contributed by atoms with Crippen LogP contribution in [0.15, 0.2) is 84.6 Å². The summed E-state index contributed by atoms with van der Waals surface area (Å²) in [7, 11) is 0. The third-order valence-electron chi connectivity index (χ3n) is 14.2. The Balaban J connectivity index is 0.884. The number of ether oxygens (including phenoxy) is 2. The van der Waals surface area contributed by atoms with Crippen molar-refractivity contribution in [3.8, 4) is 33.9 Å². The van der Waals surface area contributed by atoms with E-state index in [9.17, 15) is 34.3 Å². The number of pyridine rings is 2. The van der Waals surface area contributed by atoms with Crippen molar-refractivity contribution in [3.63, 3.8) is 0 Å². The van der Waals surface area contributed by atoms with Crippen molar-refractivity contribution in [2.75, 3.05) is 6.54 Å². The maximum Gasteiger partial charge on any atom is 0.253 e. The molecule has 71 heavy (non-hydrogen) atoms. The number of aromatic nitrogens is 3. The second kappa shape index (κ2) is 21.2. The summed E-state index contributed by atoms with van der Waals surface area (Å²) < 4.78 is 12.2. The largest absolute Gasteiger partial charge is 0.489 e. The molecule has 3 aromatic heterocycles. The second-order valence-corrected chi connectivity index (χ2v) is 22.5. The lowest BCUT2D eigenvalue weighted by molar-refractivity contribution is -0.164. The van der Waals surface area contributed by atoms with Crippen LogP contribution < -0.4 is 20.1 Å². The lowest BCUT2D eigenvalue weighted by Crippen LogP contribution is -2.74. The molecule has 372 valence electrons. The van der Waals surface area contributed by atoms with E-state index in [0.29, 0.717) is 27.6 Å². The van der Waals surface area contributed by atoms with Gasteiger partial charge in [-0.15, -0.1) is 11.3 Å². The average molecular weight is 1000 g/mol. The van der Waals surface area contributed by atoms with Crippen LogP contribution in [0.1, 0.15) is 125 Å². The number of carbonyl (C=O) groups excluding carboxylic acids is 5. The lowest BCUT2D eigenvalue weighted by atomic mass is 9.49. The lowest BCUT2D eigenvalue weighted by Gasteiger charge is -2.63. The number of ketones is 3. The highest BCUT2D eigenvalue weighted by atomic mass is 35.5. The monoisotopic (exact) mass is 1000 g/mol. The zero-order valence-corrected chi connectivity index (χ0v) is 43.1. The molecule has 2 aliphatic rings. The number of hydrogen-bond donors (Lipinski definition) is 3. The van der Waals surface area contributed by atoms with Crippen LogP contribution in [0.5, 0.6) is 17.4 Å². The molecule has 0 aliphatic heterocycles. The first-order valence-corrected chi connectivity index (χ1v) is 25.1. The van der Waals surface area contributed by atoms with E-state index >= 15 is 0 Å². The molecule has 3 N–H and O–H groups in total. The quantitative estimate of drug-likeness (QED) is 0.0749. The molecule has 16 heteroatoms. The van der Waals surface area contributed by atoms with Gasteiger partial charge >= 0.3 is 0 Å². The van der Waals surface area contributed by atoms with Crippen LogP contribution >= 0.6 is 22.9 Å². The summed E-state index contributed by atoms with van der Waals surface area (Å²) in [6.07, 6.45) is 2.50. The van der Waals surface area contributed by atoms with Gasteiger partial charge in [-0.25, -0.2) is 9.97 Å². The summed E-state index contributed by atoms with van der Waals surface area (Å²) in [5, 5.41) is 26.1. The number of rotatable bonds is 18. The van der Waals surface area contributed by atoms with Crippen LogP contribution in [0.2, 0.25) is 5.02 Å². The number of carbonyl (C=O) groups is 5. The molecule has 2 aliphatic carbocycles. The van der Waals surface area contributed by atoms with Crippen molar-refractivity contribution in [3.05, 3.63) is 118 Å². The van der Waals surface area contributed by atoms with Gasteiger partial charge < -0.3 is 25.2 Å². The first-order chi connectivity index (χ1) is 33.5. The molecular formula is C55H61ClN6O8S. The van der Waals surface area contributed by atoms with Gasteiger partial charge in [-0.1, -0.05) is 73.1 Å². The Hall–Kier alpha value is -6.34. The fourth-order valence-electron chi connectivity index (χ4n) is 10.5. The number of thiazole rings is 1. The molecule has 3 heterocycles. The van der Waals surface area contributed by atoms with Crippen LogP contribution in [0.25, 0.3) is 10.4 Å². The van der Waals surface area contributed by atoms with E-state index in [0.717, 1.165) is 21.8 Å². The molecule has 2 fully saturated rings. The van der Waals surface area contributed by atoms with Crippen molar-refractivity contribution in [2.24, 2.45) is 34.0 Å². The molecule has 14 nitrogen and oxygen atoms in total. The summed E-state index contributed by atoms with van der Waals surface area (Å²) in [6.45, 7) is 17.3. The highest BCUT2D eigenvalue weighted by Crippen LogP contribution is 2.56. The van der Waals surface area contributed by atoms with E-state index in [2.05, 4.69) is 25.6 Å². The van der Waals surface area contributed by atoms with Crippen LogP contribution in [-0.2, 0) is 14.4 Å². The molecule has 1 unspecified atom stereocenters. The van der Waals surface area contributed by atoms with Gasteiger partial charge in [-0.2, -0.15) is 5.26 Å². The molecule has 2 saturated carbocycles. The van der Waals surface area contributed by atoms with Gasteiger partial charge in [0.25, 0.3) is 11.8 Å². The Labute approximate surface area is 424 Å². The van der Waals surface area contributed by atoms with Gasteiger partial charge in [0.15, 0.2) is 5.78 Å². The van der Waals surface area contributed by atoms with Crippen LogP contribution in [0.3, 0.4) is 0 Å². The Morgan fingerprint density at radius 3 is 2.14 bits per heavy atom. The number of nitrogens with one attached hydrogen (secondary N) is 2. The zero-order chi connectivity index (χ0) is 51.6. The van der Waals surface area contributed by atoms with E-state index < -0.39 is 46.0 Å². The number of benzene rings is 2. The first-order valence-electron chi connectivity index (χ1n) is 23.8. The van der Waals surface area contributed by atoms with Crippen molar-refractivity contribution in [1.82, 2.24) is 25.6 Å². The number of aliphatic hydroxyl groups excluding tert-OH is 1. The Morgan fingerprint density at radius 1 is 0.873 bits per heavy atom. The average Bonchev–Trinajstić information content (AvgIpc) is 3.95. The number of aryl methyl sites for hydroxylation is 1. The molecular weight excluding hydrogens is 940 g/mol. The van der Waals surface area contributed by atoms with E-state index in [1.54, 1.807) is 77.6 Å². The summed E-state index contributed by atoms with van der Waals surface area (Å²) in [5.74, 6) is -2.67. The fourth-order valence-corrected chi connectivity index (χ4v) is 11.5.